The molecule has 0 aliphatic rings. The molecule has 0 saturated carbocycles. The van der Waals surface area contributed by atoms with Gasteiger partial charge in [-0.3, -0.25) is 29.7 Å². The molecule has 15 heteroatoms. The second kappa shape index (κ2) is 9.46. The number of carbonyl (C=O) groups excluding carboxylic acids is 1. The first-order valence-electron chi connectivity index (χ1n) is 9.17. The number of nitrogens with one attached hydrogen (secondary N) is 1. The van der Waals surface area contributed by atoms with Gasteiger partial charge in [-0.25, -0.2) is 0 Å². The fourth-order valence-corrected chi connectivity index (χ4v) is 3.28. The Morgan fingerprint density at radius 3 is 2.12 bits per heavy atom. The largest absolute Gasteiger partial charge is 0.457 e. The first-order valence-corrected chi connectivity index (χ1v) is 9.96. The van der Waals surface area contributed by atoms with Crippen LogP contribution in [0, 0.1) is 27.2 Å². The van der Waals surface area contributed by atoms with Crippen LogP contribution in [0.4, 0.5) is 30.2 Å². The Labute approximate surface area is 196 Å². The standard InChI is InChI=1S/C19H13BrF3N5O6/c1-10-17(20)18(19(21,22)23)25-26(10)9-16(29)24-11-2-4-14(5-3-11)34-15-7-12(27(30)31)6-13(8-15)28(32)33/h2-8H,9H2,1H3,(H,24,29). The predicted molar refractivity (Wildman–Crippen MR) is 115 cm³/mol. The smallest absolute Gasteiger partial charge is 0.436 e. The number of halogens is 4. The zero-order valence-corrected chi connectivity index (χ0v) is 18.6. The van der Waals surface area contributed by atoms with Gasteiger partial charge in [0, 0.05) is 5.69 Å². The summed E-state index contributed by atoms with van der Waals surface area (Å²) in [5, 5.41) is 27.9. The molecule has 0 saturated heterocycles. The van der Waals surface area contributed by atoms with Gasteiger partial charge >= 0.3 is 6.18 Å². The van der Waals surface area contributed by atoms with Gasteiger partial charge in [0.05, 0.1) is 38.2 Å². The van der Waals surface area contributed by atoms with E-state index in [1.54, 1.807) is 0 Å². The van der Waals surface area contributed by atoms with Gasteiger partial charge in [-0.05, 0) is 47.1 Å². The van der Waals surface area contributed by atoms with E-state index in [9.17, 15) is 38.2 Å². The minimum Gasteiger partial charge on any atom is -0.457 e. The topological polar surface area (TPSA) is 142 Å². The molecule has 3 aromatic rings. The highest BCUT2D eigenvalue weighted by Crippen LogP contribution is 2.35. The summed E-state index contributed by atoms with van der Waals surface area (Å²) < 4.78 is 45.0. The van der Waals surface area contributed by atoms with Gasteiger partial charge in [-0.1, -0.05) is 0 Å². The number of nitrogens with zero attached hydrogens (tertiary/aromatic N) is 4. The monoisotopic (exact) mass is 543 g/mol. The third-order valence-corrected chi connectivity index (χ3v) is 5.32. The van der Waals surface area contributed by atoms with E-state index in [2.05, 4.69) is 26.3 Å². The average molecular weight is 544 g/mol. The molecule has 0 unspecified atom stereocenters. The number of hydrogen-bond acceptors (Lipinski definition) is 7. The number of alkyl halides is 3. The van der Waals surface area contributed by atoms with Crippen molar-refractivity contribution in [1.82, 2.24) is 9.78 Å². The molecule has 34 heavy (non-hydrogen) atoms. The van der Waals surface area contributed by atoms with Crippen LogP contribution in [0.25, 0.3) is 0 Å². The Kier molecular flexibility index (Phi) is 6.85. The summed E-state index contributed by atoms with van der Waals surface area (Å²) in [6.45, 7) is 0.903. The van der Waals surface area contributed by atoms with Gasteiger partial charge in [0.25, 0.3) is 11.4 Å². The number of anilines is 1. The van der Waals surface area contributed by atoms with E-state index in [0.29, 0.717) is 0 Å². The molecule has 0 aliphatic heterocycles. The molecule has 178 valence electrons. The fraction of sp³-hybridized carbons (Fsp3) is 0.158. The highest BCUT2D eigenvalue weighted by atomic mass is 79.9. The Balaban J connectivity index is 1.70. The molecule has 3 rings (SSSR count). The normalized spacial score (nSPS) is 11.2. The second-order valence-corrected chi connectivity index (χ2v) is 7.57. The summed E-state index contributed by atoms with van der Waals surface area (Å²) in [4.78, 5) is 32.6. The van der Waals surface area contributed by atoms with Crippen LogP contribution in [0.1, 0.15) is 11.4 Å². The van der Waals surface area contributed by atoms with Crippen molar-refractivity contribution in [2.24, 2.45) is 0 Å². The molecule has 11 nitrogen and oxygen atoms in total. The molecule has 1 aromatic heterocycles. The quantitative estimate of drug-likeness (QED) is 0.317. The third kappa shape index (κ3) is 5.67. The highest BCUT2D eigenvalue weighted by molar-refractivity contribution is 9.10. The summed E-state index contributed by atoms with van der Waals surface area (Å²) in [5.74, 6) is -0.623. The molecule has 0 spiro atoms. The molecule has 1 N–H and O–H groups in total. The van der Waals surface area contributed by atoms with E-state index in [0.717, 1.165) is 22.9 Å². The Morgan fingerprint density at radius 1 is 1.09 bits per heavy atom. The second-order valence-electron chi connectivity index (χ2n) is 6.78. The lowest BCUT2D eigenvalue weighted by atomic mass is 10.2. The average Bonchev–Trinajstić information content (AvgIpc) is 3.03. The van der Waals surface area contributed by atoms with Crippen molar-refractivity contribution in [3.8, 4) is 11.5 Å². The van der Waals surface area contributed by atoms with E-state index >= 15 is 0 Å². The van der Waals surface area contributed by atoms with Crippen molar-refractivity contribution in [3.63, 3.8) is 0 Å². The summed E-state index contributed by atoms with van der Waals surface area (Å²) in [6, 6.07) is 8.42. The number of nitro groups is 2. The number of ether oxygens (including phenoxy) is 1. The van der Waals surface area contributed by atoms with Gasteiger partial charge < -0.3 is 10.1 Å². The third-order valence-electron chi connectivity index (χ3n) is 4.37. The van der Waals surface area contributed by atoms with Crippen molar-refractivity contribution in [3.05, 3.63) is 78.6 Å². The maximum atomic E-state index is 13.0. The van der Waals surface area contributed by atoms with E-state index in [4.69, 9.17) is 4.74 Å². The summed E-state index contributed by atoms with van der Waals surface area (Å²) in [5.41, 5.74) is -1.79. The Morgan fingerprint density at radius 2 is 1.65 bits per heavy atom. The fourth-order valence-electron chi connectivity index (χ4n) is 2.78. The van der Waals surface area contributed by atoms with Crippen molar-refractivity contribution in [1.29, 1.82) is 0 Å². The molecule has 0 atom stereocenters. The van der Waals surface area contributed by atoms with Crippen LogP contribution in [0.15, 0.2) is 46.9 Å². The van der Waals surface area contributed by atoms with Crippen LogP contribution >= 0.6 is 15.9 Å². The Hall–Kier alpha value is -4.01. The van der Waals surface area contributed by atoms with Crippen LogP contribution in [0.3, 0.4) is 0 Å². The van der Waals surface area contributed by atoms with Crippen LogP contribution < -0.4 is 10.1 Å². The molecule has 1 amide bonds. The van der Waals surface area contributed by atoms with E-state index < -0.39 is 45.5 Å². The van der Waals surface area contributed by atoms with E-state index in [1.165, 1.54) is 31.2 Å². The van der Waals surface area contributed by atoms with E-state index in [-0.39, 0.29) is 27.4 Å². The minimum absolute atomic E-state index is 0.122. The predicted octanol–water partition coefficient (Wildman–Crippen LogP) is 5.22. The number of hydrogen-bond donors (Lipinski definition) is 1. The van der Waals surface area contributed by atoms with Crippen LogP contribution in [-0.4, -0.2) is 25.5 Å². The molecule has 0 radical (unpaired) electrons. The van der Waals surface area contributed by atoms with Gasteiger partial charge in [0.15, 0.2) is 5.69 Å². The zero-order chi connectivity index (χ0) is 25.2. The number of non-ortho nitro benzene ring substituents is 2. The summed E-state index contributed by atoms with van der Waals surface area (Å²) in [6.07, 6.45) is -4.68. The van der Waals surface area contributed by atoms with Crippen molar-refractivity contribution in [2.75, 3.05) is 5.32 Å². The number of amides is 1. The van der Waals surface area contributed by atoms with Crippen molar-refractivity contribution >= 4 is 38.9 Å². The molecule has 1 heterocycles. The van der Waals surface area contributed by atoms with Crippen molar-refractivity contribution < 1.29 is 32.5 Å². The first-order chi connectivity index (χ1) is 15.8. The highest BCUT2D eigenvalue weighted by Gasteiger charge is 2.38. The van der Waals surface area contributed by atoms with E-state index in [1.807, 2.05) is 0 Å². The van der Waals surface area contributed by atoms with Gasteiger partial charge in [0.1, 0.15) is 18.0 Å². The number of rotatable bonds is 7. The van der Waals surface area contributed by atoms with Gasteiger partial charge in [0.2, 0.25) is 5.91 Å². The number of benzene rings is 2. The zero-order valence-electron chi connectivity index (χ0n) is 17.0. The van der Waals surface area contributed by atoms with Crippen molar-refractivity contribution in [2.45, 2.75) is 19.6 Å². The number of carbonyl (C=O) groups is 1. The first kappa shape index (κ1) is 24.6. The lowest BCUT2D eigenvalue weighted by Crippen LogP contribution is -2.20. The summed E-state index contributed by atoms with van der Waals surface area (Å²) in [7, 11) is 0. The van der Waals surface area contributed by atoms with Crippen LogP contribution in [0.2, 0.25) is 0 Å². The van der Waals surface area contributed by atoms with Crippen LogP contribution in [-0.2, 0) is 17.5 Å². The molecule has 0 fully saturated rings. The lowest BCUT2D eigenvalue weighted by molar-refractivity contribution is -0.394. The molecule has 0 bridgehead atoms. The molecule has 2 aromatic carbocycles. The SMILES string of the molecule is Cc1c(Br)c(C(F)(F)F)nn1CC(=O)Nc1ccc(Oc2cc([N+](=O)[O-])cc([N+](=O)[O-])c2)cc1. The maximum Gasteiger partial charge on any atom is 0.436 e. The maximum absolute atomic E-state index is 13.0. The summed E-state index contributed by atoms with van der Waals surface area (Å²) >= 11 is 2.83. The number of aromatic nitrogens is 2. The molecular formula is C19H13BrF3N5O6. The number of nitro benzene ring substituents is 2. The molecular weight excluding hydrogens is 531 g/mol. The van der Waals surface area contributed by atoms with Gasteiger partial charge in [-0.15, -0.1) is 0 Å². The van der Waals surface area contributed by atoms with Gasteiger partial charge in [-0.2, -0.15) is 18.3 Å². The minimum atomic E-state index is -4.68. The lowest BCUT2D eigenvalue weighted by Gasteiger charge is -2.09. The molecule has 0 aliphatic carbocycles. The Bertz CT molecular complexity index is 1240. The van der Waals surface area contributed by atoms with Crippen LogP contribution in [0.5, 0.6) is 11.5 Å².